The number of nitrogens with zero attached hydrogens (tertiary/aromatic N) is 2. The maximum Gasteiger partial charge on any atom is 0.414 e. The molecule has 0 fully saturated rings. The van der Waals surface area contributed by atoms with Crippen LogP contribution in [0.15, 0.2) is 29.3 Å². The molecule has 0 radical (unpaired) electrons. The van der Waals surface area contributed by atoms with Crippen molar-refractivity contribution in [3.05, 3.63) is 29.8 Å². The minimum atomic E-state index is -0.730. The topological polar surface area (TPSA) is 92.3 Å². The Hall–Kier alpha value is -2.61. The Bertz CT molecular complexity index is 684. The average molecular weight is 393 g/mol. The third-order valence-electron chi connectivity index (χ3n) is 2.89. The molecule has 0 aliphatic rings. The molecule has 0 bridgehead atoms. The highest BCUT2D eigenvalue weighted by Crippen LogP contribution is 2.15. The van der Waals surface area contributed by atoms with Crippen LogP contribution in [0.1, 0.15) is 47.1 Å². The van der Waals surface area contributed by atoms with Gasteiger partial charge in [0.05, 0.1) is 5.69 Å². The van der Waals surface area contributed by atoms with Gasteiger partial charge < -0.3 is 14.4 Å². The summed E-state index contributed by atoms with van der Waals surface area (Å²) in [6, 6.07) is 7.47. The zero-order valence-electron chi connectivity index (χ0n) is 18.0. The molecule has 0 aromatic heterocycles. The lowest BCUT2D eigenvalue weighted by molar-refractivity contribution is 0.0545. The fraction of sp³-hybridized carbons (Fsp3) is 0.550. The molecule has 1 rings (SSSR count). The Morgan fingerprint density at radius 3 is 1.89 bits per heavy atom. The minimum Gasteiger partial charge on any atom is -0.444 e. The van der Waals surface area contributed by atoms with Gasteiger partial charge in [-0.3, -0.25) is 10.6 Å². The molecule has 1 aromatic carbocycles. The summed E-state index contributed by atoms with van der Waals surface area (Å²) in [6.45, 7) is 11.2. The third-order valence-corrected chi connectivity index (χ3v) is 2.89. The van der Waals surface area contributed by atoms with E-state index in [0.717, 1.165) is 12.1 Å². The molecule has 0 spiro atoms. The molecule has 8 heteroatoms. The van der Waals surface area contributed by atoms with Crippen LogP contribution >= 0.6 is 0 Å². The van der Waals surface area contributed by atoms with Crippen LogP contribution in [0, 0.1) is 0 Å². The SMILES string of the molecule is CN(C)Cc1cccc(N=C(NC(=O)OC(C)(C)C)NC(=O)OC(C)(C)C)c1. The van der Waals surface area contributed by atoms with Gasteiger partial charge in [-0.15, -0.1) is 0 Å². The van der Waals surface area contributed by atoms with Gasteiger partial charge in [-0.05, 0) is 73.3 Å². The highest BCUT2D eigenvalue weighted by atomic mass is 16.6. The first-order valence-electron chi connectivity index (χ1n) is 9.06. The monoisotopic (exact) mass is 392 g/mol. The van der Waals surface area contributed by atoms with Gasteiger partial charge >= 0.3 is 12.2 Å². The molecule has 2 amide bonds. The second kappa shape index (κ2) is 9.54. The van der Waals surface area contributed by atoms with Crippen molar-refractivity contribution in [3.63, 3.8) is 0 Å². The van der Waals surface area contributed by atoms with Crippen molar-refractivity contribution >= 4 is 23.8 Å². The average Bonchev–Trinajstić information content (AvgIpc) is 2.42. The quantitative estimate of drug-likeness (QED) is 0.603. The molecule has 28 heavy (non-hydrogen) atoms. The Balaban J connectivity index is 3.06. The number of nitrogens with one attached hydrogen (secondary N) is 2. The summed E-state index contributed by atoms with van der Waals surface area (Å²) in [6.07, 6.45) is -1.46. The second-order valence-electron chi connectivity index (χ2n) is 8.62. The number of aliphatic imine (C=N–C) groups is 1. The molecular weight excluding hydrogens is 360 g/mol. The third kappa shape index (κ3) is 10.5. The molecule has 156 valence electrons. The van der Waals surface area contributed by atoms with E-state index in [1.807, 2.05) is 37.2 Å². The van der Waals surface area contributed by atoms with Crippen LogP contribution in [0.3, 0.4) is 0 Å². The van der Waals surface area contributed by atoms with Crippen molar-refractivity contribution < 1.29 is 19.1 Å². The lowest BCUT2D eigenvalue weighted by Gasteiger charge is -2.22. The number of alkyl carbamates (subject to hydrolysis) is 2. The van der Waals surface area contributed by atoms with Crippen molar-refractivity contribution in [3.8, 4) is 0 Å². The number of carbonyl (C=O) groups is 2. The van der Waals surface area contributed by atoms with Crippen LogP contribution < -0.4 is 10.6 Å². The number of amides is 2. The molecular formula is C20H32N4O4. The summed E-state index contributed by atoms with van der Waals surface area (Å²) >= 11 is 0. The fourth-order valence-electron chi connectivity index (χ4n) is 2.11. The Morgan fingerprint density at radius 1 is 0.964 bits per heavy atom. The second-order valence-corrected chi connectivity index (χ2v) is 8.62. The molecule has 0 heterocycles. The van der Waals surface area contributed by atoms with E-state index in [1.54, 1.807) is 47.6 Å². The number of benzene rings is 1. The van der Waals surface area contributed by atoms with Crippen molar-refractivity contribution in [2.75, 3.05) is 14.1 Å². The van der Waals surface area contributed by atoms with Gasteiger partial charge in [0, 0.05) is 6.54 Å². The molecule has 2 N–H and O–H groups in total. The fourth-order valence-corrected chi connectivity index (χ4v) is 2.11. The van der Waals surface area contributed by atoms with Crippen LogP contribution in [0.5, 0.6) is 0 Å². The summed E-state index contributed by atoms with van der Waals surface area (Å²) < 4.78 is 10.5. The van der Waals surface area contributed by atoms with Gasteiger partial charge in [-0.2, -0.15) is 0 Å². The van der Waals surface area contributed by atoms with Crippen molar-refractivity contribution in [1.29, 1.82) is 0 Å². The summed E-state index contributed by atoms with van der Waals surface area (Å²) in [4.78, 5) is 30.6. The van der Waals surface area contributed by atoms with Crippen molar-refractivity contribution in [2.45, 2.75) is 59.3 Å². The van der Waals surface area contributed by atoms with Gasteiger partial charge in [0.1, 0.15) is 11.2 Å². The highest BCUT2D eigenvalue weighted by molar-refractivity contribution is 6.02. The number of ether oxygens (including phenoxy) is 2. The van der Waals surface area contributed by atoms with Gasteiger partial charge in [0.25, 0.3) is 0 Å². The molecule has 0 aliphatic carbocycles. The van der Waals surface area contributed by atoms with Gasteiger partial charge in [0.2, 0.25) is 5.96 Å². The first-order chi connectivity index (χ1) is 12.7. The van der Waals surface area contributed by atoms with E-state index < -0.39 is 23.4 Å². The molecule has 0 aliphatic heterocycles. The zero-order valence-corrected chi connectivity index (χ0v) is 18.0. The predicted octanol–water partition coefficient (Wildman–Crippen LogP) is 3.79. The van der Waals surface area contributed by atoms with Gasteiger partial charge in [-0.1, -0.05) is 12.1 Å². The van der Waals surface area contributed by atoms with Crippen LogP contribution in [-0.4, -0.2) is 48.3 Å². The number of hydrogen-bond acceptors (Lipinski definition) is 6. The molecule has 0 unspecified atom stereocenters. The zero-order chi connectivity index (χ0) is 21.5. The Kier molecular flexibility index (Phi) is 7.99. The maximum absolute atomic E-state index is 12.1. The van der Waals surface area contributed by atoms with Crippen molar-refractivity contribution in [1.82, 2.24) is 15.5 Å². The van der Waals surface area contributed by atoms with Crippen LogP contribution in [0.25, 0.3) is 0 Å². The van der Waals surface area contributed by atoms with E-state index in [-0.39, 0.29) is 5.96 Å². The van der Waals surface area contributed by atoms with E-state index in [9.17, 15) is 9.59 Å². The normalized spacial score (nSPS) is 11.6. The largest absolute Gasteiger partial charge is 0.444 e. The number of carbonyl (C=O) groups excluding carboxylic acids is 2. The first kappa shape index (κ1) is 23.4. The molecule has 0 saturated carbocycles. The van der Waals surface area contributed by atoms with Crippen LogP contribution in [0.4, 0.5) is 15.3 Å². The number of hydrogen-bond donors (Lipinski definition) is 2. The number of rotatable bonds is 3. The Labute approximate surface area is 167 Å². The Morgan fingerprint density at radius 2 is 1.46 bits per heavy atom. The lowest BCUT2D eigenvalue weighted by Crippen LogP contribution is -2.47. The summed E-state index contributed by atoms with van der Waals surface area (Å²) in [5, 5.41) is 4.93. The van der Waals surface area contributed by atoms with Crippen LogP contribution in [0.2, 0.25) is 0 Å². The van der Waals surface area contributed by atoms with E-state index in [1.165, 1.54) is 0 Å². The van der Waals surface area contributed by atoms with Gasteiger partial charge in [0.15, 0.2) is 0 Å². The minimum absolute atomic E-state index is 0.0782. The van der Waals surface area contributed by atoms with Crippen LogP contribution in [-0.2, 0) is 16.0 Å². The highest BCUT2D eigenvalue weighted by Gasteiger charge is 2.21. The van der Waals surface area contributed by atoms with Gasteiger partial charge in [-0.25, -0.2) is 14.6 Å². The first-order valence-corrected chi connectivity index (χ1v) is 9.06. The van der Waals surface area contributed by atoms with E-state index in [2.05, 4.69) is 15.6 Å². The summed E-state index contributed by atoms with van der Waals surface area (Å²) in [7, 11) is 3.94. The molecule has 0 atom stereocenters. The molecule has 1 aromatic rings. The smallest absolute Gasteiger partial charge is 0.414 e. The molecule has 8 nitrogen and oxygen atoms in total. The summed E-state index contributed by atoms with van der Waals surface area (Å²) in [5.41, 5.74) is 0.237. The van der Waals surface area contributed by atoms with E-state index in [4.69, 9.17) is 9.47 Å². The standard InChI is InChI=1S/C20H32N4O4/c1-19(2,3)27-17(25)22-16(23-18(26)28-20(4,5)6)21-15-11-9-10-14(12-15)13-24(7)8/h9-12H,13H2,1-8H3,(H2,21,22,23,25,26). The van der Waals surface area contributed by atoms with Crippen molar-refractivity contribution in [2.24, 2.45) is 4.99 Å². The molecule has 0 saturated heterocycles. The lowest BCUT2D eigenvalue weighted by atomic mass is 10.2. The predicted molar refractivity (Wildman–Crippen MR) is 110 cm³/mol. The van der Waals surface area contributed by atoms with E-state index in [0.29, 0.717) is 5.69 Å². The number of guanidine groups is 1. The summed E-state index contributed by atoms with van der Waals surface area (Å²) in [5.74, 6) is -0.0782. The van der Waals surface area contributed by atoms with E-state index >= 15 is 0 Å². The maximum atomic E-state index is 12.1.